The molecule has 5 nitrogen and oxygen atoms in total. The smallest absolute Gasteiger partial charge is 0.155 e. The maximum atomic E-state index is 10.0. The Balaban J connectivity index is 0.000000227. The molecule has 8 heteroatoms. The average Bonchev–Trinajstić information content (AvgIpc) is 0.789. The quantitative estimate of drug-likeness (QED) is 0.0425. The van der Waals surface area contributed by atoms with Crippen molar-refractivity contribution in [2.75, 3.05) is 0 Å². The van der Waals surface area contributed by atoms with Gasteiger partial charge in [0.05, 0.1) is 5.76 Å². The minimum atomic E-state index is -0.125. The maximum absolute atomic E-state index is 10.0. The fourth-order valence-electron chi connectivity index (χ4n) is 13.0. The third-order valence-corrected chi connectivity index (χ3v) is 19.4. The number of aliphatic hydroxyl groups excluding tert-OH is 1. The number of ketones is 1. The van der Waals surface area contributed by atoms with Crippen molar-refractivity contribution in [2.24, 2.45) is 0 Å². The van der Waals surface area contributed by atoms with Gasteiger partial charge >= 0.3 is 0 Å². The summed E-state index contributed by atoms with van der Waals surface area (Å²) in [6, 6.07) is 102. The molecule has 0 aliphatic heterocycles. The number of carbonyl (C=O) groups excluding carboxylic acids is 1. The van der Waals surface area contributed by atoms with Crippen LogP contribution in [0.1, 0.15) is 170 Å². The number of hydrogen-bond acceptors (Lipinski definition) is 5. The Kier molecular flexibility index (Phi) is 32.8. The van der Waals surface area contributed by atoms with Crippen molar-refractivity contribution in [1.29, 1.82) is 0 Å². The summed E-state index contributed by atoms with van der Waals surface area (Å²) < 4.78 is 0. The number of fused-ring (bicyclic) bond motifs is 1. The third-order valence-electron chi connectivity index (χ3n) is 19.4. The average molecular weight is 1980 g/mol. The van der Waals surface area contributed by atoms with Crippen LogP contribution in [0.4, 0.5) is 0 Å². The minimum absolute atomic E-state index is 0. The first kappa shape index (κ1) is 88.3. The zero-order valence-electron chi connectivity index (χ0n) is 66.7. The van der Waals surface area contributed by atoms with Crippen molar-refractivity contribution < 1.29 is 70.2 Å². The van der Waals surface area contributed by atoms with Crippen LogP contribution in [0.3, 0.4) is 0 Å². The van der Waals surface area contributed by atoms with Crippen molar-refractivity contribution in [3.05, 3.63) is 331 Å². The first-order valence-electron chi connectivity index (χ1n) is 38.0. The number of allylic oxidation sites excluding steroid dienone is 2. The van der Waals surface area contributed by atoms with Crippen LogP contribution in [0.2, 0.25) is 0 Å². The Labute approximate surface area is 698 Å². The molecule has 1 N–H and O–H groups in total. The molecule has 0 fully saturated rings. The van der Waals surface area contributed by atoms with Gasteiger partial charge in [-0.2, -0.15) is 0 Å². The molecule has 3 aromatic heterocycles. The van der Waals surface area contributed by atoms with Crippen LogP contribution in [-0.4, -0.2) is 25.8 Å². The Morgan fingerprint density at radius 3 is 1.12 bits per heavy atom. The molecule has 13 rings (SSSR count). The van der Waals surface area contributed by atoms with E-state index in [0.29, 0.717) is 0 Å². The van der Waals surface area contributed by atoms with Crippen LogP contribution in [0, 0.1) is 18.2 Å². The normalized spacial score (nSPS) is 11.4. The van der Waals surface area contributed by atoms with Crippen LogP contribution in [0.5, 0.6) is 0 Å². The molecular weight excluding hydrogens is 1880 g/mol. The van der Waals surface area contributed by atoms with Crippen molar-refractivity contribution in [1.82, 2.24) is 15.0 Å². The summed E-state index contributed by atoms with van der Waals surface area (Å²) in [4.78, 5) is 23.7. The topological polar surface area (TPSA) is 76.0 Å². The SMILES string of the molecule is CC(=O)C=C(C)O.CC(C)(C)c1ccc(-c2cc(-c3ccc(C(C)(C)C)cc3)cc(-c3cc[c-]c(-c4ccccn4)c3)c2)cc1.CC(C)(C)c1ccc(-c2cc(-c3ccc(C(C)(C)C)cc3)cc(-c3cc[c-]c(-c4nccc5ccccc45)c3)c2)cc1.CCCCCCCCc1c[c-]c(-c2ccccn2)cc1.[Ir].[Ir].[Ir]. The van der Waals surface area contributed by atoms with Crippen LogP contribution < -0.4 is 0 Å². The first-order valence-corrected chi connectivity index (χ1v) is 38.0. The van der Waals surface area contributed by atoms with Crippen LogP contribution in [0.25, 0.3) is 111 Å². The number of unbranched alkanes of at least 4 members (excludes halogenated alkanes) is 5. The fraction of sp³-hybridized carbons (Fsp3) is 0.255. The molecule has 0 saturated carbocycles. The van der Waals surface area contributed by atoms with E-state index in [1.165, 1.54) is 154 Å². The molecular formula is C102H106Ir3N3O2-3. The van der Waals surface area contributed by atoms with Gasteiger partial charge in [-0.1, -0.05) is 281 Å². The standard InChI is InChI=1S/C41H38N.C37H36N.C19H24N.C5H8O2.3Ir/c1-40(2,3)36-18-14-28(15-19-36)33-25-34(29-16-20-37(21-17-29)41(4,5)6)27-35(26-33)31-11-9-12-32(24-31)39-38-13-8-7-10-30(38)22-23-42-39;1-36(2,3)33-17-13-26(14-18-33)30-23-31(27-15-19-34(20-16-27)37(4,5)6)25-32(24-30)28-10-9-11-29(22-28)35-12-7-8-21-38-35;1-2-3-4-5-6-7-10-17-12-14-18(15-13-17)19-11-8-9-16-20-19;1-4(6)3-5(2)7;;;/h7-11,13-27H,1-6H3;7-10,12-25H,1-6H3;8-9,11-14,16H,2-7,10H2,1H3;3,6H,1-2H3;;;/q3*-1;;;;. The fourth-order valence-corrected chi connectivity index (χ4v) is 13.0. The molecule has 110 heavy (non-hydrogen) atoms. The summed E-state index contributed by atoms with van der Waals surface area (Å²) >= 11 is 0. The zero-order chi connectivity index (χ0) is 76.3. The molecule has 0 saturated heterocycles. The van der Waals surface area contributed by atoms with E-state index >= 15 is 0 Å². The van der Waals surface area contributed by atoms with Crippen LogP contribution >= 0.6 is 0 Å². The molecule has 0 atom stereocenters. The molecule has 10 aromatic carbocycles. The van der Waals surface area contributed by atoms with Crippen molar-refractivity contribution in [3.8, 4) is 101 Å². The van der Waals surface area contributed by atoms with Gasteiger partial charge in [-0.05, 0) is 196 Å². The Morgan fingerprint density at radius 1 is 0.364 bits per heavy atom. The zero-order valence-corrected chi connectivity index (χ0v) is 73.9. The maximum Gasteiger partial charge on any atom is 0.155 e. The summed E-state index contributed by atoms with van der Waals surface area (Å²) in [5.41, 5.74) is 27.6. The predicted octanol–water partition coefficient (Wildman–Crippen LogP) is 27.9. The second-order valence-corrected chi connectivity index (χ2v) is 32.2. The van der Waals surface area contributed by atoms with Gasteiger partial charge < -0.3 is 20.1 Å². The number of benzene rings is 10. The van der Waals surface area contributed by atoms with Gasteiger partial charge in [-0.25, -0.2) is 0 Å². The summed E-state index contributed by atoms with van der Waals surface area (Å²) in [5.74, 6) is -0.0625. The van der Waals surface area contributed by atoms with Crippen molar-refractivity contribution in [2.45, 2.75) is 170 Å². The molecule has 0 aliphatic carbocycles. The monoisotopic (exact) mass is 1980 g/mol. The third kappa shape index (κ3) is 25.3. The van der Waals surface area contributed by atoms with E-state index in [4.69, 9.17) is 10.1 Å². The molecule has 0 aliphatic rings. The van der Waals surface area contributed by atoms with E-state index < -0.39 is 0 Å². The largest absolute Gasteiger partial charge is 0.512 e. The van der Waals surface area contributed by atoms with E-state index in [0.717, 1.165) is 50.3 Å². The molecule has 571 valence electrons. The summed E-state index contributed by atoms with van der Waals surface area (Å²) in [5, 5.41) is 10.7. The van der Waals surface area contributed by atoms with E-state index in [2.05, 4.69) is 324 Å². The predicted molar refractivity (Wildman–Crippen MR) is 455 cm³/mol. The van der Waals surface area contributed by atoms with E-state index in [1.54, 1.807) is 0 Å². The Morgan fingerprint density at radius 2 is 0.745 bits per heavy atom. The Bertz CT molecular complexity index is 4900. The van der Waals surface area contributed by atoms with Gasteiger partial charge in [0.2, 0.25) is 0 Å². The number of aliphatic hydroxyl groups is 1. The van der Waals surface area contributed by atoms with E-state index in [-0.39, 0.29) is 93.5 Å². The number of hydrogen-bond donors (Lipinski definition) is 1. The first-order chi connectivity index (χ1) is 51.2. The second-order valence-electron chi connectivity index (χ2n) is 32.2. The molecule has 0 amide bonds. The van der Waals surface area contributed by atoms with Gasteiger partial charge in [-0.3, -0.25) is 4.79 Å². The van der Waals surface area contributed by atoms with E-state index in [9.17, 15) is 4.79 Å². The number of carbonyl (C=O) groups is 1. The van der Waals surface area contributed by atoms with Crippen molar-refractivity contribution in [3.63, 3.8) is 0 Å². The number of rotatable bonds is 17. The number of aromatic nitrogens is 3. The van der Waals surface area contributed by atoms with Crippen LogP contribution in [-0.2, 0) is 93.2 Å². The number of nitrogens with zero attached hydrogens (tertiary/aromatic N) is 3. The van der Waals surface area contributed by atoms with Crippen molar-refractivity contribution >= 4 is 16.6 Å². The minimum Gasteiger partial charge on any atom is -0.512 e. The molecule has 3 radical (unpaired) electrons. The molecule has 3 heterocycles. The molecule has 0 unspecified atom stereocenters. The van der Waals surface area contributed by atoms with Gasteiger partial charge in [0.1, 0.15) is 0 Å². The molecule has 0 spiro atoms. The summed E-state index contributed by atoms with van der Waals surface area (Å²) in [6.07, 6.45) is 16.0. The van der Waals surface area contributed by atoms with Gasteiger partial charge in [-0.15, -0.1) is 106 Å². The van der Waals surface area contributed by atoms with Gasteiger partial charge in [0, 0.05) is 85.0 Å². The Hall–Kier alpha value is -8.93. The number of aryl methyl sites for hydroxylation is 1. The second kappa shape index (κ2) is 40.8. The van der Waals surface area contributed by atoms with Gasteiger partial charge in [0.15, 0.2) is 5.78 Å². The summed E-state index contributed by atoms with van der Waals surface area (Å²) in [6.45, 7) is 32.2. The van der Waals surface area contributed by atoms with E-state index in [1.807, 2.05) is 67.1 Å². The van der Waals surface area contributed by atoms with Crippen LogP contribution in [0.15, 0.2) is 285 Å². The summed E-state index contributed by atoms with van der Waals surface area (Å²) in [7, 11) is 0. The van der Waals surface area contributed by atoms with Gasteiger partial charge in [0.25, 0.3) is 0 Å². The molecule has 13 aromatic rings. The molecule has 0 bridgehead atoms. The number of pyridine rings is 3.